The second-order valence-corrected chi connectivity index (χ2v) is 10.1. The summed E-state index contributed by atoms with van der Waals surface area (Å²) in [5, 5.41) is 6.16. The number of amides is 1. The Bertz CT molecular complexity index is 1650. The zero-order chi connectivity index (χ0) is 28.2. The van der Waals surface area contributed by atoms with E-state index in [0.717, 1.165) is 52.5 Å². The standard InChI is InChI=1S/C33H33N5O2/c1-22-10-13-28-20-29(25-8-6-5-7-9-25)31(38(28)21-22)32(39)33(40)36-26-11-14-27(15-12-26)37(4)17-16-34-30-19-23(2)18-24(3)35-30/h5-15,18-21H,16-17H2,1-4H3,(H,34,35)(H,36,40). The van der Waals surface area contributed by atoms with Gasteiger partial charge in [-0.1, -0.05) is 36.4 Å². The van der Waals surface area contributed by atoms with Crippen LogP contribution in [-0.2, 0) is 4.79 Å². The van der Waals surface area contributed by atoms with E-state index in [2.05, 4.69) is 33.5 Å². The summed E-state index contributed by atoms with van der Waals surface area (Å²) in [4.78, 5) is 33.3. The van der Waals surface area contributed by atoms with Gasteiger partial charge in [0.25, 0.3) is 11.7 Å². The van der Waals surface area contributed by atoms with E-state index in [0.29, 0.717) is 11.4 Å². The molecule has 7 heteroatoms. The predicted octanol–water partition coefficient (Wildman–Crippen LogP) is 6.30. The summed E-state index contributed by atoms with van der Waals surface area (Å²) in [5.41, 5.74) is 7.55. The van der Waals surface area contributed by atoms with Crippen molar-refractivity contribution in [1.29, 1.82) is 0 Å². The lowest BCUT2D eigenvalue weighted by atomic mass is 10.0. The number of Topliss-reactive ketones (excluding diaryl/α,β-unsaturated/α-hetero) is 1. The largest absolute Gasteiger partial charge is 0.373 e. The molecule has 202 valence electrons. The number of nitrogens with one attached hydrogen (secondary N) is 2. The van der Waals surface area contributed by atoms with Crippen LogP contribution in [0.25, 0.3) is 16.6 Å². The van der Waals surface area contributed by atoms with Crippen LogP contribution in [-0.4, -0.2) is 41.2 Å². The highest BCUT2D eigenvalue weighted by Crippen LogP contribution is 2.29. The minimum atomic E-state index is -0.676. The highest BCUT2D eigenvalue weighted by Gasteiger charge is 2.25. The number of hydrogen-bond acceptors (Lipinski definition) is 5. The van der Waals surface area contributed by atoms with E-state index in [9.17, 15) is 9.59 Å². The maximum Gasteiger partial charge on any atom is 0.298 e. The maximum atomic E-state index is 13.5. The van der Waals surface area contributed by atoms with Crippen LogP contribution < -0.4 is 15.5 Å². The fourth-order valence-corrected chi connectivity index (χ4v) is 4.85. The van der Waals surface area contributed by atoms with E-state index >= 15 is 0 Å². The molecule has 0 saturated heterocycles. The molecule has 0 atom stereocenters. The molecule has 7 nitrogen and oxygen atoms in total. The molecule has 0 unspecified atom stereocenters. The summed E-state index contributed by atoms with van der Waals surface area (Å²) >= 11 is 0. The Hall–Kier alpha value is -4.91. The Labute approximate surface area is 234 Å². The molecule has 0 fully saturated rings. The number of anilines is 3. The minimum absolute atomic E-state index is 0.351. The van der Waals surface area contributed by atoms with Crippen molar-refractivity contribution in [2.24, 2.45) is 0 Å². The Kier molecular flexibility index (Phi) is 7.64. The first-order chi connectivity index (χ1) is 19.3. The lowest BCUT2D eigenvalue weighted by Gasteiger charge is -2.20. The lowest BCUT2D eigenvalue weighted by Crippen LogP contribution is -2.26. The van der Waals surface area contributed by atoms with Crippen molar-refractivity contribution in [3.63, 3.8) is 0 Å². The van der Waals surface area contributed by atoms with E-state index < -0.39 is 11.7 Å². The molecule has 0 aliphatic rings. The lowest BCUT2D eigenvalue weighted by molar-refractivity contribution is -0.112. The number of rotatable bonds is 9. The van der Waals surface area contributed by atoms with E-state index in [-0.39, 0.29) is 0 Å². The number of likely N-dealkylation sites (N-methyl/N-ethyl adjacent to an activating group) is 1. The van der Waals surface area contributed by atoms with Crippen molar-refractivity contribution in [2.75, 3.05) is 35.7 Å². The Morgan fingerprint density at radius 1 is 0.875 bits per heavy atom. The highest BCUT2D eigenvalue weighted by atomic mass is 16.2. The number of aromatic nitrogens is 2. The molecule has 5 rings (SSSR count). The SMILES string of the molecule is Cc1cc(C)nc(NCCN(C)c2ccc(NC(=O)C(=O)c3c(-c4ccccc4)cc4ccc(C)cn34)cc2)c1. The zero-order valence-electron chi connectivity index (χ0n) is 23.2. The first-order valence-corrected chi connectivity index (χ1v) is 13.3. The summed E-state index contributed by atoms with van der Waals surface area (Å²) in [6, 6.07) is 27.1. The molecule has 2 N–H and O–H groups in total. The van der Waals surface area contributed by atoms with E-state index in [4.69, 9.17) is 0 Å². The van der Waals surface area contributed by atoms with Gasteiger partial charge < -0.3 is 19.9 Å². The molecular weight excluding hydrogens is 498 g/mol. The summed E-state index contributed by atoms with van der Waals surface area (Å²) in [5.74, 6) is -0.392. The number of carbonyl (C=O) groups excluding carboxylic acids is 2. The first kappa shape index (κ1) is 26.7. The van der Waals surface area contributed by atoms with Gasteiger partial charge in [-0.25, -0.2) is 4.98 Å². The first-order valence-electron chi connectivity index (χ1n) is 13.3. The van der Waals surface area contributed by atoms with Gasteiger partial charge in [0.1, 0.15) is 11.5 Å². The predicted molar refractivity (Wildman–Crippen MR) is 162 cm³/mol. The molecular formula is C33H33N5O2. The Morgan fingerprint density at radius 3 is 2.35 bits per heavy atom. The number of pyridine rings is 2. The third-order valence-electron chi connectivity index (χ3n) is 6.84. The number of hydrogen-bond donors (Lipinski definition) is 2. The van der Waals surface area contributed by atoms with Crippen molar-refractivity contribution in [2.45, 2.75) is 20.8 Å². The molecule has 3 heterocycles. The molecule has 40 heavy (non-hydrogen) atoms. The molecule has 0 aliphatic heterocycles. The number of fused-ring (bicyclic) bond motifs is 1. The van der Waals surface area contributed by atoms with Gasteiger partial charge in [0, 0.05) is 54.5 Å². The maximum absolute atomic E-state index is 13.5. The van der Waals surface area contributed by atoms with Crippen LogP contribution >= 0.6 is 0 Å². The van der Waals surface area contributed by atoms with Crippen LogP contribution in [0.5, 0.6) is 0 Å². The molecule has 0 bridgehead atoms. The average molecular weight is 532 g/mol. The van der Waals surface area contributed by atoms with E-state index in [1.165, 1.54) is 5.56 Å². The molecule has 0 saturated carbocycles. The monoisotopic (exact) mass is 531 g/mol. The van der Waals surface area contributed by atoms with E-state index in [1.807, 2.05) is 106 Å². The number of nitrogens with zero attached hydrogens (tertiary/aromatic N) is 3. The summed E-state index contributed by atoms with van der Waals surface area (Å²) < 4.78 is 1.80. The minimum Gasteiger partial charge on any atom is -0.373 e. The van der Waals surface area contributed by atoms with Gasteiger partial charge in [-0.15, -0.1) is 0 Å². The van der Waals surface area contributed by atoms with Gasteiger partial charge in [0.05, 0.1) is 0 Å². The normalized spacial score (nSPS) is 10.9. The van der Waals surface area contributed by atoms with Crippen molar-refractivity contribution >= 4 is 34.4 Å². The number of benzene rings is 2. The fraction of sp³-hybridized carbons (Fsp3) is 0.182. The number of ketones is 1. The number of carbonyl (C=O) groups is 2. The Morgan fingerprint density at radius 2 is 1.62 bits per heavy atom. The van der Waals surface area contributed by atoms with Crippen molar-refractivity contribution in [1.82, 2.24) is 9.38 Å². The molecule has 0 radical (unpaired) electrons. The van der Waals surface area contributed by atoms with Gasteiger partial charge in [-0.3, -0.25) is 9.59 Å². The molecule has 0 aliphatic carbocycles. The molecule has 3 aromatic heterocycles. The number of aryl methyl sites for hydroxylation is 3. The van der Waals surface area contributed by atoms with Crippen molar-refractivity contribution < 1.29 is 9.59 Å². The van der Waals surface area contributed by atoms with Crippen molar-refractivity contribution in [3.05, 3.63) is 114 Å². The quantitative estimate of drug-likeness (QED) is 0.172. The smallest absolute Gasteiger partial charge is 0.298 e. The van der Waals surface area contributed by atoms with Gasteiger partial charge in [-0.05, 0) is 86.0 Å². The zero-order valence-corrected chi connectivity index (χ0v) is 23.2. The second kappa shape index (κ2) is 11.5. The van der Waals surface area contributed by atoms with Gasteiger partial charge >= 0.3 is 0 Å². The second-order valence-electron chi connectivity index (χ2n) is 10.1. The molecule has 2 aromatic carbocycles. The summed E-state index contributed by atoms with van der Waals surface area (Å²) in [7, 11) is 2.01. The summed E-state index contributed by atoms with van der Waals surface area (Å²) in [6.45, 7) is 7.51. The molecule has 0 spiro atoms. The fourth-order valence-electron chi connectivity index (χ4n) is 4.85. The van der Waals surface area contributed by atoms with Gasteiger partial charge in [-0.2, -0.15) is 0 Å². The molecule has 1 amide bonds. The van der Waals surface area contributed by atoms with Crippen LogP contribution in [0.15, 0.2) is 91.1 Å². The van der Waals surface area contributed by atoms with Crippen LogP contribution in [0.2, 0.25) is 0 Å². The van der Waals surface area contributed by atoms with Gasteiger partial charge in [0.2, 0.25) is 0 Å². The van der Waals surface area contributed by atoms with Crippen molar-refractivity contribution in [3.8, 4) is 11.1 Å². The van der Waals surface area contributed by atoms with Crippen LogP contribution in [0.1, 0.15) is 27.3 Å². The topological polar surface area (TPSA) is 78.7 Å². The third kappa shape index (κ3) is 5.89. The third-order valence-corrected chi connectivity index (χ3v) is 6.84. The Balaban J connectivity index is 1.27. The van der Waals surface area contributed by atoms with Crippen LogP contribution in [0.4, 0.5) is 17.2 Å². The van der Waals surface area contributed by atoms with Crippen LogP contribution in [0.3, 0.4) is 0 Å². The average Bonchev–Trinajstić information content (AvgIpc) is 3.31. The van der Waals surface area contributed by atoms with Gasteiger partial charge in [0.15, 0.2) is 0 Å². The van der Waals surface area contributed by atoms with E-state index in [1.54, 1.807) is 4.40 Å². The highest BCUT2D eigenvalue weighted by molar-refractivity contribution is 6.47. The van der Waals surface area contributed by atoms with Crippen LogP contribution in [0, 0.1) is 20.8 Å². The summed E-state index contributed by atoms with van der Waals surface area (Å²) in [6.07, 6.45) is 1.89. The molecule has 5 aromatic rings.